The van der Waals surface area contributed by atoms with E-state index in [0.717, 1.165) is 31.6 Å². The van der Waals surface area contributed by atoms with E-state index in [9.17, 15) is 5.11 Å². The first kappa shape index (κ1) is 24.2. The fourth-order valence-electron chi connectivity index (χ4n) is 3.99. The third-order valence-corrected chi connectivity index (χ3v) is 6.09. The zero-order valence-corrected chi connectivity index (χ0v) is 18.9. The molecule has 0 saturated heterocycles. The molecular weight excluding hydrogens is 330 g/mol. The van der Waals surface area contributed by atoms with Crippen molar-refractivity contribution in [1.29, 1.82) is 0 Å². The lowest BCUT2D eigenvalue weighted by Gasteiger charge is -2.28. The van der Waals surface area contributed by atoms with Gasteiger partial charge in [-0.1, -0.05) is 64.0 Å². The van der Waals surface area contributed by atoms with Gasteiger partial charge in [0.2, 0.25) is 0 Å². The van der Waals surface area contributed by atoms with Crippen LogP contribution in [0.2, 0.25) is 0 Å². The van der Waals surface area contributed by atoms with E-state index in [-0.39, 0.29) is 12.6 Å². The quantitative estimate of drug-likeness (QED) is 0.385. The van der Waals surface area contributed by atoms with Crippen molar-refractivity contribution in [3.63, 3.8) is 0 Å². The minimum Gasteiger partial charge on any atom is -0.395 e. The van der Waals surface area contributed by atoms with Crippen LogP contribution in [-0.2, 0) is 0 Å². The third-order valence-electron chi connectivity index (χ3n) is 6.09. The molecule has 1 aliphatic rings. The van der Waals surface area contributed by atoms with Gasteiger partial charge in [-0.2, -0.15) is 0 Å². The van der Waals surface area contributed by atoms with E-state index < -0.39 is 0 Å². The lowest BCUT2D eigenvalue weighted by Crippen LogP contribution is -2.42. The van der Waals surface area contributed by atoms with Crippen molar-refractivity contribution in [2.24, 2.45) is 17.8 Å². The second-order valence-electron chi connectivity index (χ2n) is 9.32. The molecule has 0 radical (unpaired) electrons. The zero-order valence-electron chi connectivity index (χ0n) is 18.9. The maximum absolute atomic E-state index is 9.92. The first-order chi connectivity index (χ1) is 12.8. The van der Waals surface area contributed by atoms with Gasteiger partial charge in [-0.05, 0) is 75.7 Å². The molecule has 1 rings (SSSR count). The van der Waals surface area contributed by atoms with Gasteiger partial charge >= 0.3 is 0 Å². The summed E-state index contributed by atoms with van der Waals surface area (Å²) in [5.74, 6) is 2.07. The van der Waals surface area contributed by atoms with Crippen molar-refractivity contribution < 1.29 is 5.11 Å². The fraction of sp³-hybridized carbons (Fsp3) is 0.760. The van der Waals surface area contributed by atoms with Gasteiger partial charge in [0, 0.05) is 12.1 Å². The summed E-state index contributed by atoms with van der Waals surface area (Å²) in [5.41, 5.74) is 4.19. The molecule has 0 aromatic heterocycles. The smallest absolute Gasteiger partial charge is 0.0584 e. The summed E-state index contributed by atoms with van der Waals surface area (Å²) < 4.78 is 0. The van der Waals surface area contributed by atoms with Crippen LogP contribution in [0.1, 0.15) is 86.5 Å². The predicted octanol–water partition coefficient (Wildman–Crippen LogP) is 6.43. The normalized spacial score (nSPS) is 21.7. The lowest BCUT2D eigenvalue weighted by molar-refractivity contribution is 0.206. The second kappa shape index (κ2) is 12.6. The molecule has 27 heavy (non-hydrogen) atoms. The van der Waals surface area contributed by atoms with E-state index in [1.165, 1.54) is 30.4 Å². The van der Waals surface area contributed by atoms with Crippen molar-refractivity contribution in [2.75, 3.05) is 6.61 Å². The summed E-state index contributed by atoms with van der Waals surface area (Å²) >= 11 is 0. The SMILES string of the molecule is C=C(C)C(CC(C)C)NC(CO)CC(CC)C/C=C(\C)C1=CCC(C)CC1. The minimum atomic E-state index is 0.152. The molecule has 1 aliphatic carbocycles. The average molecular weight is 376 g/mol. The molecule has 2 N–H and O–H groups in total. The molecule has 4 unspecified atom stereocenters. The highest BCUT2D eigenvalue weighted by Gasteiger charge is 2.20. The number of allylic oxidation sites excluding steroid dienone is 4. The van der Waals surface area contributed by atoms with Crippen molar-refractivity contribution in [3.8, 4) is 0 Å². The lowest BCUT2D eigenvalue weighted by atomic mass is 9.86. The highest BCUT2D eigenvalue weighted by Crippen LogP contribution is 2.28. The summed E-state index contributed by atoms with van der Waals surface area (Å²) in [4.78, 5) is 0. The second-order valence-corrected chi connectivity index (χ2v) is 9.32. The molecular formula is C25H45NO. The molecule has 156 valence electrons. The van der Waals surface area contributed by atoms with Gasteiger partial charge in [-0.15, -0.1) is 0 Å². The summed E-state index contributed by atoms with van der Waals surface area (Å²) in [7, 11) is 0. The molecule has 0 fully saturated rings. The van der Waals surface area contributed by atoms with Crippen LogP contribution in [0, 0.1) is 17.8 Å². The number of aliphatic hydroxyl groups excluding tert-OH is 1. The summed E-state index contributed by atoms with van der Waals surface area (Å²) in [6, 6.07) is 0.449. The molecule has 2 nitrogen and oxygen atoms in total. The van der Waals surface area contributed by atoms with Crippen LogP contribution >= 0.6 is 0 Å². The van der Waals surface area contributed by atoms with Crippen molar-refractivity contribution in [2.45, 2.75) is 98.6 Å². The summed E-state index contributed by atoms with van der Waals surface area (Å²) in [5, 5.41) is 13.6. The Balaban J connectivity index is 2.63. The maximum atomic E-state index is 9.92. The van der Waals surface area contributed by atoms with Crippen LogP contribution < -0.4 is 5.32 Å². The van der Waals surface area contributed by atoms with Gasteiger partial charge in [0.25, 0.3) is 0 Å². The van der Waals surface area contributed by atoms with Gasteiger partial charge in [0.15, 0.2) is 0 Å². The Morgan fingerprint density at radius 1 is 1.33 bits per heavy atom. The highest BCUT2D eigenvalue weighted by molar-refractivity contribution is 5.30. The molecule has 2 heteroatoms. The fourth-order valence-corrected chi connectivity index (χ4v) is 3.99. The summed E-state index contributed by atoms with van der Waals surface area (Å²) in [6.45, 7) is 17.8. The van der Waals surface area contributed by atoms with Crippen LogP contribution in [0.15, 0.2) is 35.5 Å². The molecule has 0 aromatic carbocycles. The Hall–Kier alpha value is -0.860. The molecule has 4 atom stereocenters. The third kappa shape index (κ3) is 9.25. The Kier molecular flexibility index (Phi) is 11.3. The highest BCUT2D eigenvalue weighted by atomic mass is 16.3. The van der Waals surface area contributed by atoms with Gasteiger partial charge < -0.3 is 10.4 Å². The van der Waals surface area contributed by atoms with E-state index in [0.29, 0.717) is 17.9 Å². The number of nitrogens with one attached hydrogen (secondary N) is 1. The van der Waals surface area contributed by atoms with Crippen LogP contribution in [0.3, 0.4) is 0 Å². The van der Waals surface area contributed by atoms with E-state index in [1.54, 1.807) is 5.57 Å². The van der Waals surface area contributed by atoms with Crippen molar-refractivity contribution >= 4 is 0 Å². The van der Waals surface area contributed by atoms with Crippen LogP contribution in [-0.4, -0.2) is 23.8 Å². The molecule has 0 aliphatic heterocycles. The Morgan fingerprint density at radius 3 is 2.52 bits per heavy atom. The Labute approximate surface area is 169 Å². The van der Waals surface area contributed by atoms with Gasteiger partial charge in [0.1, 0.15) is 0 Å². The van der Waals surface area contributed by atoms with E-state index >= 15 is 0 Å². The molecule has 0 amide bonds. The first-order valence-electron chi connectivity index (χ1n) is 11.1. The average Bonchev–Trinajstić information content (AvgIpc) is 2.63. The van der Waals surface area contributed by atoms with Crippen molar-refractivity contribution in [3.05, 3.63) is 35.5 Å². The molecule has 0 saturated carbocycles. The number of hydrogen-bond acceptors (Lipinski definition) is 2. The Bertz CT molecular complexity index is 502. The van der Waals surface area contributed by atoms with Crippen molar-refractivity contribution in [1.82, 2.24) is 5.32 Å². The maximum Gasteiger partial charge on any atom is 0.0584 e. The number of hydrogen-bond donors (Lipinski definition) is 2. The van der Waals surface area contributed by atoms with E-state index in [4.69, 9.17) is 0 Å². The number of rotatable bonds is 12. The molecule has 0 bridgehead atoms. The topological polar surface area (TPSA) is 32.3 Å². The first-order valence-corrected chi connectivity index (χ1v) is 11.1. The van der Waals surface area contributed by atoms with Gasteiger partial charge in [0.05, 0.1) is 6.61 Å². The van der Waals surface area contributed by atoms with Crippen LogP contribution in [0.25, 0.3) is 0 Å². The van der Waals surface area contributed by atoms with Gasteiger partial charge in [-0.3, -0.25) is 0 Å². The number of aliphatic hydroxyl groups is 1. The standard InChI is InChI=1S/C25H45NO/c1-8-22(12-11-21(7)23-13-9-20(6)10-14-23)16-24(17-27)26-25(19(4)5)15-18(2)3/h11,13,18,20,22,24-27H,4,8-10,12,14-17H2,1-3,5-7H3/b21-11+. The Morgan fingerprint density at radius 2 is 2.04 bits per heavy atom. The predicted molar refractivity (Wildman–Crippen MR) is 120 cm³/mol. The van der Waals surface area contributed by atoms with E-state index in [2.05, 4.69) is 65.6 Å². The largest absolute Gasteiger partial charge is 0.395 e. The van der Waals surface area contributed by atoms with E-state index in [1.807, 2.05) is 0 Å². The van der Waals surface area contributed by atoms with Gasteiger partial charge in [-0.25, -0.2) is 0 Å². The molecule has 0 heterocycles. The molecule has 0 aromatic rings. The minimum absolute atomic E-state index is 0.152. The zero-order chi connectivity index (χ0) is 20.4. The van der Waals surface area contributed by atoms with Crippen LogP contribution in [0.5, 0.6) is 0 Å². The summed E-state index contributed by atoms with van der Waals surface area (Å²) in [6.07, 6.45) is 13.0. The monoisotopic (exact) mass is 375 g/mol. The molecule has 0 spiro atoms. The van der Waals surface area contributed by atoms with Crippen LogP contribution in [0.4, 0.5) is 0 Å².